The Morgan fingerprint density at radius 3 is 2.83 bits per heavy atom. The molecule has 1 aliphatic carbocycles. The number of ether oxygens (including phenoxy) is 1. The molecule has 0 amide bonds. The number of nitrogen functional groups attached to an aromatic ring is 1. The molecule has 0 saturated carbocycles. The summed E-state index contributed by atoms with van der Waals surface area (Å²) in [5.41, 5.74) is 7.08. The van der Waals surface area contributed by atoms with Crippen molar-refractivity contribution >= 4 is 28.1 Å². The van der Waals surface area contributed by atoms with Crippen LogP contribution in [-0.2, 0) is 11.2 Å². The zero-order valence-corrected chi connectivity index (χ0v) is 11.4. The highest BCUT2D eigenvalue weighted by molar-refractivity contribution is 7.18. The first kappa shape index (κ1) is 13.1. The molecule has 5 heteroatoms. The first-order valence-electron chi connectivity index (χ1n) is 6.22. The molecule has 0 spiro atoms. The predicted molar refractivity (Wildman–Crippen MR) is 71.1 cm³/mol. The number of hydrogen-bond donors (Lipinski definition) is 1. The Morgan fingerprint density at radius 2 is 2.22 bits per heavy atom. The standard InChI is InChI=1S/C13H17NO3S/c1-3-7-5-6-8-9(13(16)17-4-2)12(14)18-11(8)10(7)15/h7H,3-6,14H2,1-2H3. The highest BCUT2D eigenvalue weighted by Gasteiger charge is 2.33. The van der Waals surface area contributed by atoms with Crippen molar-refractivity contribution in [3.8, 4) is 0 Å². The molecule has 1 unspecified atom stereocenters. The number of anilines is 1. The minimum atomic E-state index is -0.407. The Labute approximate surface area is 110 Å². The Kier molecular flexibility index (Phi) is 3.71. The van der Waals surface area contributed by atoms with Gasteiger partial charge in [-0.2, -0.15) is 0 Å². The molecule has 4 nitrogen and oxygen atoms in total. The number of carbonyl (C=O) groups excluding carboxylic acids is 2. The molecular formula is C13H17NO3S. The van der Waals surface area contributed by atoms with Crippen LogP contribution in [0.25, 0.3) is 0 Å². The number of hydrogen-bond acceptors (Lipinski definition) is 5. The van der Waals surface area contributed by atoms with Crippen molar-refractivity contribution in [2.45, 2.75) is 33.1 Å². The van der Waals surface area contributed by atoms with Gasteiger partial charge in [-0.15, -0.1) is 11.3 Å². The molecule has 1 aliphatic rings. The van der Waals surface area contributed by atoms with Gasteiger partial charge in [-0.1, -0.05) is 6.92 Å². The van der Waals surface area contributed by atoms with Crippen molar-refractivity contribution in [2.75, 3.05) is 12.3 Å². The smallest absolute Gasteiger partial charge is 0.341 e. The molecule has 1 aromatic heterocycles. The largest absolute Gasteiger partial charge is 0.462 e. The summed E-state index contributed by atoms with van der Waals surface area (Å²) >= 11 is 1.23. The molecule has 1 heterocycles. The molecule has 18 heavy (non-hydrogen) atoms. The maximum Gasteiger partial charge on any atom is 0.341 e. The summed E-state index contributed by atoms with van der Waals surface area (Å²) in [7, 11) is 0. The second-order valence-corrected chi connectivity index (χ2v) is 5.43. The van der Waals surface area contributed by atoms with Gasteiger partial charge >= 0.3 is 5.97 Å². The quantitative estimate of drug-likeness (QED) is 0.855. The van der Waals surface area contributed by atoms with Crippen LogP contribution in [0.3, 0.4) is 0 Å². The maximum atomic E-state index is 12.2. The molecule has 1 atom stereocenters. The van der Waals surface area contributed by atoms with Crippen LogP contribution in [0.2, 0.25) is 0 Å². The van der Waals surface area contributed by atoms with Gasteiger partial charge in [0.05, 0.1) is 17.0 Å². The summed E-state index contributed by atoms with van der Waals surface area (Å²) in [5, 5.41) is 0.406. The molecule has 0 radical (unpaired) electrons. The van der Waals surface area contributed by atoms with E-state index in [4.69, 9.17) is 10.5 Å². The van der Waals surface area contributed by atoms with Crippen molar-refractivity contribution in [1.29, 1.82) is 0 Å². The molecule has 0 aromatic carbocycles. The average molecular weight is 267 g/mol. The maximum absolute atomic E-state index is 12.2. The van der Waals surface area contributed by atoms with Crippen LogP contribution in [0, 0.1) is 5.92 Å². The Morgan fingerprint density at radius 1 is 1.50 bits per heavy atom. The third-order valence-electron chi connectivity index (χ3n) is 3.34. The Bertz CT molecular complexity index is 493. The molecule has 2 rings (SSSR count). The van der Waals surface area contributed by atoms with E-state index in [1.807, 2.05) is 6.92 Å². The number of carbonyl (C=O) groups is 2. The fraction of sp³-hybridized carbons (Fsp3) is 0.538. The number of Topliss-reactive ketones (excluding diaryl/α,β-unsaturated/α-hetero) is 1. The van der Waals surface area contributed by atoms with Gasteiger partial charge in [-0.25, -0.2) is 4.79 Å². The van der Waals surface area contributed by atoms with Crippen molar-refractivity contribution in [1.82, 2.24) is 0 Å². The lowest BCUT2D eigenvalue weighted by Gasteiger charge is -2.19. The van der Waals surface area contributed by atoms with E-state index in [0.717, 1.165) is 24.8 Å². The average Bonchev–Trinajstić information content (AvgIpc) is 2.67. The first-order chi connectivity index (χ1) is 8.60. The molecule has 2 N–H and O–H groups in total. The first-order valence-corrected chi connectivity index (χ1v) is 7.04. The van der Waals surface area contributed by atoms with Gasteiger partial charge < -0.3 is 10.5 Å². The number of ketones is 1. The third kappa shape index (κ3) is 2.03. The Balaban J connectivity index is 2.42. The minimum Gasteiger partial charge on any atom is -0.462 e. The van der Waals surface area contributed by atoms with E-state index in [0.29, 0.717) is 22.0 Å². The van der Waals surface area contributed by atoms with E-state index < -0.39 is 5.97 Å². The van der Waals surface area contributed by atoms with Gasteiger partial charge in [0.25, 0.3) is 0 Å². The minimum absolute atomic E-state index is 0.0746. The van der Waals surface area contributed by atoms with Gasteiger partial charge in [0.2, 0.25) is 0 Å². The van der Waals surface area contributed by atoms with E-state index in [-0.39, 0.29) is 11.7 Å². The Hall–Kier alpha value is -1.36. The van der Waals surface area contributed by atoms with Crippen LogP contribution in [-0.4, -0.2) is 18.4 Å². The lowest BCUT2D eigenvalue weighted by molar-refractivity contribution is 0.0526. The van der Waals surface area contributed by atoms with Crippen LogP contribution in [0.1, 0.15) is 52.3 Å². The third-order valence-corrected chi connectivity index (χ3v) is 4.42. The summed E-state index contributed by atoms with van der Waals surface area (Å²) in [6.07, 6.45) is 2.37. The lowest BCUT2D eigenvalue weighted by atomic mass is 9.84. The van der Waals surface area contributed by atoms with Gasteiger partial charge in [0, 0.05) is 5.92 Å². The van der Waals surface area contributed by atoms with Crippen LogP contribution in [0.5, 0.6) is 0 Å². The van der Waals surface area contributed by atoms with E-state index in [1.54, 1.807) is 6.92 Å². The van der Waals surface area contributed by atoms with Crippen LogP contribution >= 0.6 is 11.3 Å². The molecule has 0 aliphatic heterocycles. The number of fused-ring (bicyclic) bond motifs is 1. The summed E-state index contributed by atoms with van der Waals surface area (Å²) in [4.78, 5) is 24.7. The van der Waals surface area contributed by atoms with Gasteiger partial charge in [0.1, 0.15) is 5.00 Å². The topological polar surface area (TPSA) is 69.4 Å². The molecule has 0 fully saturated rings. The van der Waals surface area contributed by atoms with E-state index in [9.17, 15) is 9.59 Å². The SMILES string of the molecule is CCOC(=O)c1c(N)sc2c1CCC(CC)C2=O. The number of thiophene rings is 1. The van der Waals surface area contributed by atoms with Crippen molar-refractivity contribution in [2.24, 2.45) is 5.92 Å². The van der Waals surface area contributed by atoms with Crippen LogP contribution in [0.15, 0.2) is 0 Å². The van der Waals surface area contributed by atoms with E-state index in [1.165, 1.54) is 11.3 Å². The molecule has 98 valence electrons. The zero-order valence-electron chi connectivity index (χ0n) is 10.6. The zero-order chi connectivity index (χ0) is 13.3. The number of esters is 1. The van der Waals surface area contributed by atoms with Gasteiger partial charge in [0.15, 0.2) is 5.78 Å². The highest BCUT2D eigenvalue weighted by atomic mass is 32.1. The molecular weight excluding hydrogens is 250 g/mol. The predicted octanol–water partition coefficient (Wildman–Crippen LogP) is 2.66. The monoisotopic (exact) mass is 267 g/mol. The highest BCUT2D eigenvalue weighted by Crippen LogP contribution is 2.39. The fourth-order valence-electron chi connectivity index (χ4n) is 2.37. The second kappa shape index (κ2) is 5.10. The molecule has 1 aromatic rings. The fourth-order valence-corrected chi connectivity index (χ4v) is 3.50. The van der Waals surface area contributed by atoms with Crippen molar-refractivity contribution in [3.63, 3.8) is 0 Å². The summed E-state index contributed by atoms with van der Waals surface area (Å²) in [6, 6.07) is 0. The van der Waals surface area contributed by atoms with E-state index in [2.05, 4.69) is 0 Å². The lowest BCUT2D eigenvalue weighted by Crippen LogP contribution is -2.21. The van der Waals surface area contributed by atoms with Gasteiger partial charge in [-0.3, -0.25) is 4.79 Å². The normalized spacial score (nSPS) is 18.6. The van der Waals surface area contributed by atoms with Crippen LogP contribution < -0.4 is 5.73 Å². The van der Waals surface area contributed by atoms with Crippen molar-refractivity contribution in [3.05, 3.63) is 16.0 Å². The van der Waals surface area contributed by atoms with Crippen LogP contribution in [0.4, 0.5) is 5.00 Å². The van der Waals surface area contributed by atoms with E-state index >= 15 is 0 Å². The molecule has 0 bridgehead atoms. The summed E-state index contributed by atoms with van der Waals surface area (Å²) < 4.78 is 5.00. The number of rotatable bonds is 3. The van der Waals surface area contributed by atoms with Crippen molar-refractivity contribution < 1.29 is 14.3 Å². The molecule has 0 saturated heterocycles. The second-order valence-electron chi connectivity index (χ2n) is 4.38. The summed E-state index contributed by atoms with van der Waals surface area (Å²) in [5.74, 6) is -0.202. The summed E-state index contributed by atoms with van der Waals surface area (Å²) in [6.45, 7) is 4.08. The van der Waals surface area contributed by atoms with Gasteiger partial charge in [-0.05, 0) is 31.7 Å². The number of nitrogens with two attached hydrogens (primary N) is 1.